The van der Waals surface area contributed by atoms with Gasteiger partial charge in [-0.15, -0.1) is 0 Å². The minimum atomic E-state index is 0.393. The van der Waals surface area contributed by atoms with Crippen molar-refractivity contribution in [3.63, 3.8) is 0 Å². The molecule has 3 aromatic rings. The number of hydrogen-bond donors (Lipinski definition) is 1. The Kier molecular flexibility index (Phi) is 2.88. The average molecular weight is 292 g/mol. The number of aromatic nitrogens is 2. The van der Waals surface area contributed by atoms with Crippen molar-refractivity contribution in [1.82, 2.24) is 9.55 Å². The van der Waals surface area contributed by atoms with Crippen LogP contribution >= 0.6 is 23.2 Å². The number of anilines is 1. The molecule has 0 atom stereocenters. The largest absolute Gasteiger partial charge is 0.369 e. The second-order valence-corrected chi connectivity index (χ2v) is 5.24. The molecule has 5 heteroatoms. The lowest BCUT2D eigenvalue weighted by atomic mass is 10.2. The fraction of sp³-hybridized carbons (Fsp3) is 0.0714. The number of halogens is 2. The van der Waals surface area contributed by atoms with E-state index >= 15 is 0 Å². The van der Waals surface area contributed by atoms with Gasteiger partial charge >= 0.3 is 0 Å². The molecule has 3 rings (SSSR count). The fourth-order valence-corrected chi connectivity index (χ4v) is 2.49. The predicted molar refractivity (Wildman–Crippen MR) is 80.2 cm³/mol. The summed E-state index contributed by atoms with van der Waals surface area (Å²) >= 11 is 12.2. The zero-order valence-electron chi connectivity index (χ0n) is 10.2. The lowest BCUT2D eigenvalue weighted by molar-refractivity contribution is 1.10. The summed E-state index contributed by atoms with van der Waals surface area (Å²) in [6.07, 6.45) is 0. The molecule has 0 fully saturated rings. The van der Waals surface area contributed by atoms with Gasteiger partial charge in [0.2, 0.25) is 5.95 Å². The van der Waals surface area contributed by atoms with Crippen LogP contribution in [0.15, 0.2) is 36.4 Å². The molecular formula is C14H11Cl2N3. The standard InChI is InChI=1S/C14H11Cl2N3/c1-8-2-4-10(16)13(6-8)19-12-5-3-9(15)7-11(12)18-14(19)17/h2-7H,1H3,(H2,17,18). The molecule has 0 saturated heterocycles. The molecule has 0 aliphatic carbocycles. The second kappa shape index (κ2) is 4.44. The lowest BCUT2D eigenvalue weighted by Gasteiger charge is -2.09. The van der Waals surface area contributed by atoms with Crippen LogP contribution in [0.3, 0.4) is 0 Å². The van der Waals surface area contributed by atoms with E-state index in [-0.39, 0.29) is 0 Å². The van der Waals surface area contributed by atoms with Gasteiger partial charge in [0.25, 0.3) is 0 Å². The fourth-order valence-electron chi connectivity index (χ4n) is 2.12. The van der Waals surface area contributed by atoms with Crippen LogP contribution in [0.1, 0.15) is 5.56 Å². The summed E-state index contributed by atoms with van der Waals surface area (Å²) in [7, 11) is 0. The van der Waals surface area contributed by atoms with Crippen molar-refractivity contribution < 1.29 is 0 Å². The summed E-state index contributed by atoms with van der Waals surface area (Å²) in [5.74, 6) is 0.393. The first-order valence-corrected chi connectivity index (χ1v) is 6.52. The van der Waals surface area contributed by atoms with Gasteiger partial charge in [0.15, 0.2) is 0 Å². The number of imidazole rings is 1. The topological polar surface area (TPSA) is 43.8 Å². The normalized spacial score (nSPS) is 11.1. The van der Waals surface area contributed by atoms with Crippen LogP contribution in [-0.2, 0) is 0 Å². The Morgan fingerprint density at radius 2 is 1.89 bits per heavy atom. The van der Waals surface area contributed by atoms with Crippen molar-refractivity contribution in [2.75, 3.05) is 5.73 Å². The van der Waals surface area contributed by atoms with Gasteiger partial charge in [-0.2, -0.15) is 0 Å². The molecule has 0 amide bonds. The molecule has 96 valence electrons. The van der Waals surface area contributed by atoms with Crippen molar-refractivity contribution in [3.8, 4) is 5.69 Å². The number of nitrogen functional groups attached to an aromatic ring is 1. The quantitative estimate of drug-likeness (QED) is 0.729. The highest BCUT2D eigenvalue weighted by atomic mass is 35.5. The van der Waals surface area contributed by atoms with Crippen LogP contribution in [0.2, 0.25) is 10.0 Å². The first-order valence-electron chi connectivity index (χ1n) is 5.76. The second-order valence-electron chi connectivity index (χ2n) is 4.39. The number of aryl methyl sites for hydroxylation is 1. The number of nitrogens with two attached hydrogens (primary N) is 1. The summed E-state index contributed by atoms with van der Waals surface area (Å²) in [6, 6.07) is 11.3. The molecular weight excluding hydrogens is 281 g/mol. The summed E-state index contributed by atoms with van der Waals surface area (Å²) in [5.41, 5.74) is 9.57. The van der Waals surface area contributed by atoms with E-state index < -0.39 is 0 Å². The van der Waals surface area contributed by atoms with Crippen molar-refractivity contribution in [2.45, 2.75) is 6.92 Å². The summed E-state index contributed by atoms with van der Waals surface area (Å²) in [6.45, 7) is 2.01. The van der Waals surface area contributed by atoms with E-state index in [2.05, 4.69) is 4.98 Å². The molecule has 0 spiro atoms. The van der Waals surface area contributed by atoms with E-state index in [0.29, 0.717) is 16.0 Å². The van der Waals surface area contributed by atoms with Crippen LogP contribution in [0, 0.1) is 6.92 Å². The molecule has 2 N–H and O–H groups in total. The van der Waals surface area contributed by atoms with Gasteiger partial charge in [0.05, 0.1) is 21.7 Å². The van der Waals surface area contributed by atoms with E-state index in [1.807, 2.05) is 41.8 Å². The molecule has 1 aromatic heterocycles. The number of fused-ring (bicyclic) bond motifs is 1. The lowest BCUT2D eigenvalue weighted by Crippen LogP contribution is -2.01. The third kappa shape index (κ3) is 2.05. The van der Waals surface area contributed by atoms with E-state index in [0.717, 1.165) is 22.3 Å². The van der Waals surface area contributed by atoms with E-state index in [1.165, 1.54) is 0 Å². The Balaban J connectivity index is 2.36. The summed E-state index contributed by atoms with van der Waals surface area (Å²) in [4.78, 5) is 4.32. The third-order valence-electron chi connectivity index (χ3n) is 2.99. The number of hydrogen-bond acceptors (Lipinski definition) is 2. The minimum absolute atomic E-state index is 0.393. The maximum Gasteiger partial charge on any atom is 0.205 e. The first kappa shape index (κ1) is 12.3. The highest BCUT2D eigenvalue weighted by Gasteiger charge is 2.13. The Morgan fingerprint density at radius 1 is 1.11 bits per heavy atom. The Hall–Kier alpha value is -1.71. The van der Waals surface area contributed by atoms with Gasteiger partial charge < -0.3 is 5.73 Å². The van der Waals surface area contributed by atoms with Gasteiger partial charge in [-0.3, -0.25) is 4.57 Å². The van der Waals surface area contributed by atoms with Crippen molar-refractivity contribution in [1.29, 1.82) is 0 Å². The summed E-state index contributed by atoms with van der Waals surface area (Å²) in [5, 5.41) is 1.26. The summed E-state index contributed by atoms with van der Waals surface area (Å²) < 4.78 is 1.83. The van der Waals surface area contributed by atoms with Crippen molar-refractivity contribution in [3.05, 3.63) is 52.0 Å². The molecule has 0 radical (unpaired) electrons. The van der Waals surface area contributed by atoms with Gasteiger partial charge in [0.1, 0.15) is 0 Å². The van der Waals surface area contributed by atoms with Gasteiger partial charge in [-0.1, -0.05) is 29.3 Å². The number of rotatable bonds is 1. The first-order chi connectivity index (χ1) is 9.06. The Morgan fingerprint density at radius 3 is 2.68 bits per heavy atom. The van der Waals surface area contributed by atoms with Gasteiger partial charge in [0, 0.05) is 5.02 Å². The van der Waals surface area contributed by atoms with Crippen molar-refractivity contribution >= 4 is 40.2 Å². The molecule has 3 nitrogen and oxygen atoms in total. The zero-order chi connectivity index (χ0) is 13.6. The van der Waals surface area contributed by atoms with Crippen LogP contribution in [0.5, 0.6) is 0 Å². The molecule has 0 unspecified atom stereocenters. The van der Waals surface area contributed by atoms with Gasteiger partial charge in [-0.25, -0.2) is 4.98 Å². The number of nitrogens with zero attached hydrogens (tertiary/aromatic N) is 2. The van der Waals surface area contributed by atoms with E-state index in [9.17, 15) is 0 Å². The third-order valence-corrected chi connectivity index (χ3v) is 3.54. The van der Waals surface area contributed by atoms with Crippen LogP contribution < -0.4 is 5.73 Å². The molecule has 19 heavy (non-hydrogen) atoms. The number of benzene rings is 2. The average Bonchev–Trinajstić information content (AvgIpc) is 2.67. The molecule has 0 aliphatic rings. The highest BCUT2D eigenvalue weighted by molar-refractivity contribution is 6.32. The monoisotopic (exact) mass is 291 g/mol. The molecule has 0 bridgehead atoms. The maximum atomic E-state index is 6.26. The van der Waals surface area contributed by atoms with Crippen LogP contribution in [0.25, 0.3) is 16.7 Å². The Labute approximate surface area is 120 Å². The van der Waals surface area contributed by atoms with Crippen LogP contribution in [0.4, 0.5) is 5.95 Å². The van der Waals surface area contributed by atoms with Crippen molar-refractivity contribution in [2.24, 2.45) is 0 Å². The smallest absolute Gasteiger partial charge is 0.205 e. The Bertz CT molecular complexity index is 778. The predicted octanol–water partition coefficient (Wildman–Crippen LogP) is 4.22. The van der Waals surface area contributed by atoms with E-state index in [1.54, 1.807) is 6.07 Å². The van der Waals surface area contributed by atoms with Crippen LogP contribution in [-0.4, -0.2) is 9.55 Å². The van der Waals surface area contributed by atoms with E-state index in [4.69, 9.17) is 28.9 Å². The molecule has 1 heterocycles. The molecule has 0 saturated carbocycles. The zero-order valence-corrected chi connectivity index (χ0v) is 11.7. The van der Waals surface area contributed by atoms with Gasteiger partial charge in [-0.05, 0) is 42.8 Å². The minimum Gasteiger partial charge on any atom is -0.369 e. The highest BCUT2D eigenvalue weighted by Crippen LogP contribution is 2.29. The SMILES string of the molecule is Cc1ccc(Cl)c(-n2c(N)nc3cc(Cl)ccc32)c1. The molecule has 0 aliphatic heterocycles. The maximum absolute atomic E-state index is 6.26. The molecule has 2 aromatic carbocycles.